The molecule has 0 atom stereocenters. The zero-order chi connectivity index (χ0) is 32.3. The number of anilines is 3. The summed E-state index contributed by atoms with van der Waals surface area (Å²) >= 11 is 1.86. The molecule has 0 aliphatic carbocycles. The molecule has 8 aromatic carbocycles. The van der Waals surface area contributed by atoms with Crippen molar-refractivity contribution in [2.45, 2.75) is 0 Å². The van der Waals surface area contributed by atoms with Crippen LogP contribution < -0.4 is 4.90 Å². The molecule has 0 unspecified atom stereocenters. The normalized spacial score (nSPS) is 11.7. The van der Waals surface area contributed by atoms with Gasteiger partial charge in [-0.15, -0.1) is 11.3 Å². The number of fused-ring (bicyclic) bond motifs is 8. The Morgan fingerprint density at radius 3 is 1.94 bits per heavy atom. The Bertz CT molecular complexity index is 2810. The van der Waals surface area contributed by atoms with Crippen molar-refractivity contribution in [1.82, 2.24) is 0 Å². The molecule has 0 aliphatic heterocycles. The van der Waals surface area contributed by atoms with Crippen LogP contribution in [0.3, 0.4) is 0 Å². The lowest BCUT2D eigenvalue weighted by Gasteiger charge is -2.29. The van der Waals surface area contributed by atoms with Gasteiger partial charge in [0.2, 0.25) is 0 Å². The highest BCUT2D eigenvalue weighted by Crippen LogP contribution is 2.51. The van der Waals surface area contributed by atoms with Crippen LogP contribution in [0.1, 0.15) is 0 Å². The fourth-order valence-corrected chi connectivity index (χ4v) is 8.60. The van der Waals surface area contributed by atoms with Gasteiger partial charge in [-0.05, 0) is 64.5 Å². The molecule has 0 aliphatic rings. The first-order valence-electron chi connectivity index (χ1n) is 16.6. The minimum Gasteiger partial charge on any atom is -0.455 e. The summed E-state index contributed by atoms with van der Waals surface area (Å²) in [4.78, 5) is 2.47. The van der Waals surface area contributed by atoms with Crippen molar-refractivity contribution in [3.05, 3.63) is 176 Å². The first-order valence-corrected chi connectivity index (χ1v) is 17.4. The van der Waals surface area contributed by atoms with Crippen molar-refractivity contribution in [3.63, 3.8) is 0 Å². The van der Waals surface area contributed by atoms with E-state index in [4.69, 9.17) is 4.42 Å². The molecule has 10 rings (SSSR count). The zero-order valence-corrected chi connectivity index (χ0v) is 27.3. The Morgan fingerprint density at radius 2 is 1.12 bits per heavy atom. The molecular formula is C46H29NOS. The molecule has 10 aromatic rings. The van der Waals surface area contributed by atoms with Crippen molar-refractivity contribution in [2.24, 2.45) is 0 Å². The summed E-state index contributed by atoms with van der Waals surface area (Å²) in [5.74, 6) is 0. The third kappa shape index (κ3) is 4.47. The number of furan rings is 1. The fraction of sp³-hybridized carbons (Fsp3) is 0. The van der Waals surface area contributed by atoms with Crippen molar-refractivity contribution in [3.8, 4) is 22.3 Å². The summed E-state index contributed by atoms with van der Waals surface area (Å²) in [5, 5.41) is 7.05. The highest BCUT2D eigenvalue weighted by Gasteiger charge is 2.26. The van der Waals surface area contributed by atoms with Gasteiger partial charge in [0.1, 0.15) is 11.2 Å². The molecule has 2 nitrogen and oxygen atoms in total. The van der Waals surface area contributed by atoms with Crippen LogP contribution >= 0.6 is 11.3 Å². The van der Waals surface area contributed by atoms with Gasteiger partial charge in [-0.3, -0.25) is 0 Å². The van der Waals surface area contributed by atoms with E-state index in [2.05, 4.69) is 181 Å². The van der Waals surface area contributed by atoms with Gasteiger partial charge in [0, 0.05) is 37.5 Å². The molecule has 2 aromatic heterocycles. The third-order valence-electron chi connectivity index (χ3n) is 9.67. The second kappa shape index (κ2) is 11.2. The Labute approximate surface area is 287 Å². The topological polar surface area (TPSA) is 16.4 Å². The van der Waals surface area contributed by atoms with Crippen molar-refractivity contribution in [1.29, 1.82) is 0 Å². The maximum absolute atomic E-state index is 6.81. The smallest absolute Gasteiger partial charge is 0.143 e. The average molecular weight is 644 g/mol. The summed E-state index contributed by atoms with van der Waals surface area (Å²) in [6.45, 7) is 0. The maximum Gasteiger partial charge on any atom is 0.143 e. The van der Waals surface area contributed by atoms with Crippen molar-refractivity contribution >= 4 is 81.3 Å². The van der Waals surface area contributed by atoms with Crippen molar-refractivity contribution in [2.75, 3.05) is 4.90 Å². The maximum atomic E-state index is 6.81. The molecule has 0 fully saturated rings. The Morgan fingerprint density at radius 1 is 0.449 bits per heavy atom. The molecule has 0 saturated carbocycles. The van der Waals surface area contributed by atoms with Crippen LogP contribution in [-0.4, -0.2) is 0 Å². The van der Waals surface area contributed by atoms with Crippen LogP contribution in [0.25, 0.3) is 75.1 Å². The van der Waals surface area contributed by atoms with Crippen LogP contribution in [0.15, 0.2) is 180 Å². The lowest BCUT2D eigenvalue weighted by atomic mass is 9.96. The average Bonchev–Trinajstić information content (AvgIpc) is 3.76. The standard InChI is InChI=1S/C46H29NOS/c1-3-12-30(13-4-1)31-22-25-34(26-23-31)47(40-20-11-19-38-37-18-9-10-21-42(37)49-46(38)40)44-35(32-14-5-2-6-15-32)28-29-41-43(44)39-27-24-33-16-7-8-17-36(33)45(39)48-41/h1-29H. The van der Waals surface area contributed by atoms with Gasteiger partial charge >= 0.3 is 0 Å². The molecule has 2 heterocycles. The van der Waals surface area contributed by atoms with Gasteiger partial charge in [-0.25, -0.2) is 0 Å². The Kier molecular flexibility index (Phi) is 6.39. The van der Waals surface area contributed by atoms with E-state index in [1.54, 1.807) is 0 Å². The molecule has 0 saturated heterocycles. The van der Waals surface area contributed by atoms with Gasteiger partial charge in [-0.2, -0.15) is 0 Å². The Hall–Kier alpha value is -6.16. The number of hydrogen-bond acceptors (Lipinski definition) is 3. The van der Waals surface area contributed by atoms with Gasteiger partial charge in [0.25, 0.3) is 0 Å². The summed E-state index contributed by atoms with van der Waals surface area (Å²) in [5.41, 5.74) is 9.82. The zero-order valence-electron chi connectivity index (χ0n) is 26.5. The third-order valence-corrected chi connectivity index (χ3v) is 10.9. The molecule has 0 N–H and O–H groups in total. The molecule has 3 heteroatoms. The van der Waals surface area contributed by atoms with E-state index in [9.17, 15) is 0 Å². The van der Waals surface area contributed by atoms with Gasteiger partial charge in [-0.1, -0.05) is 133 Å². The van der Waals surface area contributed by atoms with E-state index in [0.717, 1.165) is 55.5 Å². The van der Waals surface area contributed by atoms with E-state index in [-0.39, 0.29) is 0 Å². The number of rotatable bonds is 5. The van der Waals surface area contributed by atoms with Gasteiger partial charge in [0.15, 0.2) is 0 Å². The summed E-state index contributed by atoms with van der Waals surface area (Å²) in [6.07, 6.45) is 0. The van der Waals surface area contributed by atoms with E-state index in [1.165, 1.54) is 36.7 Å². The number of thiophene rings is 1. The lowest BCUT2D eigenvalue weighted by molar-refractivity contribution is 0.673. The van der Waals surface area contributed by atoms with Gasteiger partial charge < -0.3 is 9.32 Å². The predicted molar refractivity (Wildman–Crippen MR) is 210 cm³/mol. The fourth-order valence-electron chi connectivity index (χ4n) is 7.39. The minimum atomic E-state index is 0.871. The summed E-state index contributed by atoms with van der Waals surface area (Å²) in [6, 6.07) is 63.1. The van der Waals surface area contributed by atoms with Crippen LogP contribution in [0.4, 0.5) is 17.1 Å². The van der Waals surface area contributed by atoms with E-state index >= 15 is 0 Å². The quantitative estimate of drug-likeness (QED) is 0.186. The minimum absolute atomic E-state index is 0.871. The highest BCUT2D eigenvalue weighted by atomic mass is 32.1. The number of benzene rings is 8. The first-order chi connectivity index (χ1) is 24.3. The summed E-state index contributed by atoms with van der Waals surface area (Å²) < 4.78 is 9.35. The Balaban J connectivity index is 1.34. The highest BCUT2D eigenvalue weighted by molar-refractivity contribution is 7.26. The van der Waals surface area contributed by atoms with Crippen LogP contribution in [0.2, 0.25) is 0 Å². The largest absolute Gasteiger partial charge is 0.455 e. The lowest BCUT2D eigenvalue weighted by Crippen LogP contribution is -2.12. The number of nitrogens with zero attached hydrogens (tertiary/aromatic N) is 1. The molecule has 230 valence electrons. The monoisotopic (exact) mass is 643 g/mol. The molecular weight excluding hydrogens is 615 g/mol. The molecule has 0 amide bonds. The van der Waals surface area contributed by atoms with E-state index in [0.29, 0.717) is 0 Å². The first kappa shape index (κ1) is 27.9. The van der Waals surface area contributed by atoms with E-state index in [1.807, 2.05) is 11.3 Å². The van der Waals surface area contributed by atoms with Crippen LogP contribution in [0, 0.1) is 0 Å². The van der Waals surface area contributed by atoms with Crippen LogP contribution in [0.5, 0.6) is 0 Å². The SMILES string of the molecule is c1ccc(-c2ccc(N(c3cccc4c3sc3ccccc34)c3c(-c4ccccc4)ccc4oc5c6ccccc6ccc5c34)cc2)cc1. The molecule has 0 bridgehead atoms. The van der Waals surface area contributed by atoms with E-state index < -0.39 is 0 Å². The second-order valence-electron chi connectivity index (χ2n) is 12.5. The summed E-state index contributed by atoms with van der Waals surface area (Å²) in [7, 11) is 0. The number of hydrogen-bond donors (Lipinski definition) is 0. The molecule has 0 spiro atoms. The second-order valence-corrected chi connectivity index (χ2v) is 13.5. The molecule has 49 heavy (non-hydrogen) atoms. The van der Waals surface area contributed by atoms with Crippen LogP contribution in [-0.2, 0) is 0 Å². The van der Waals surface area contributed by atoms with Crippen molar-refractivity contribution < 1.29 is 4.42 Å². The molecule has 0 radical (unpaired) electrons. The predicted octanol–water partition coefficient (Wildman–Crippen LogP) is 13.9. The van der Waals surface area contributed by atoms with Gasteiger partial charge in [0.05, 0.1) is 21.5 Å².